The summed E-state index contributed by atoms with van der Waals surface area (Å²) in [6.45, 7) is 0.175. The molecule has 0 unspecified atom stereocenters. The first-order valence-electron chi connectivity index (χ1n) is 3.68. The number of benzene rings is 1. The molecule has 14 heavy (non-hydrogen) atoms. The van der Waals surface area contributed by atoms with Crippen molar-refractivity contribution in [3.8, 4) is 6.19 Å². The number of ether oxygens (including phenoxy) is 1. The Morgan fingerprint density at radius 1 is 1.43 bits per heavy atom. The molecule has 0 aromatic heterocycles. The second kappa shape index (κ2) is 7.97. The summed E-state index contributed by atoms with van der Waals surface area (Å²) in [7, 11) is 0. The zero-order chi connectivity index (χ0) is 9.52. The van der Waals surface area contributed by atoms with Crippen molar-refractivity contribution < 1.29 is 9.53 Å². The van der Waals surface area contributed by atoms with E-state index in [1.807, 2.05) is 35.6 Å². The summed E-state index contributed by atoms with van der Waals surface area (Å²) in [6, 6.07) is 9.24. The quantitative estimate of drug-likeness (QED) is 0.450. The molecule has 1 aromatic rings. The number of hydrogen-bond acceptors (Lipinski definition) is 3. The van der Waals surface area contributed by atoms with Crippen LogP contribution in [0.1, 0.15) is 5.56 Å². The molecule has 0 fully saturated rings. The van der Waals surface area contributed by atoms with Crippen LogP contribution < -0.4 is 5.32 Å². The number of nitriles is 1. The molecule has 4 nitrogen and oxygen atoms in total. The monoisotopic (exact) mass is 216 g/mol. The number of carbonyl (C=O) groups is 1. The Morgan fingerprint density at radius 3 is 2.64 bits per heavy atom. The van der Waals surface area contributed by atoms with Gasteiger partial charge in [-0.25, -0.2) is 10.1 Å². The molecule has 0 aliphatic heterocycles. The van der Waals surface area contributed by atoms with E-state index in [9.17, 15) is 4.79 Å². The van der Waals surface area contributed by atoms with Crippen molar-refractivity contribution in [1.29, 1.82) is 5.26 Å². The number of hydrogen-bond donors (Lipinski definition) is 1. The van der Waals surface area contributed by atoms with Crippen molar-refractivity contribution in [2.45, 2.75) is 6.61 Å². The summed E-state index contributed by atoms with van der Waals surface area (Å²) in [5.41, 5.74) is 0.885. The maximum atomic E-state index is 10.7. The molecular weight excluding hydrogens is 207 g/mol. The minimum absolute atomic E-state index is 0. The molecular formula is C9H9KN2O2. The molecule has 1 N–H and O–H groups in total. The number of carbonyl (C=O) groups excluding carboxylic acids is 1. The van der Waals surface area contributed by atoms with Gasteiger partial charge in [-0.1, -0.05) is 30.3 Å². The topological polar surface area (TPSA) is 62.1 Å². The van der Waals surface area contributed by atoms with Crippen LogP contribution >= 0.6 is 0 Å². The molecule has 0 bridgehead atoms. The molecule has 0 radical (unpaired) electrons. The van der Waals surface area contributed by atoms with Crippen molar-refractivity contribution in [2.75, 3.05) is 0 Å². The second-order valence-corrected chi connectivity index (χ2v) is 2.30. The first-order chi connectivity index (χ1) is 6.33. The van der Waals surface area contributed by atoms with Crippen LogP contribution in [0.4, 0.5) is 4.79 Å². The van der Waals surface area contributed by atoms with Gasteiger partial charge in [-0.15, -0.1) is 0 Å². The molecule has 0 atom stereocenters. The van der Waals surface area contributed by atoms with E-state index in [-0.39, 0.29) is 58.0 Å². The van der Waals surface area contributed by atoms with Crippen LogP contribution in [0, 0.1) is 11.5 Å². The Labute approximate surface area is 125 Å². The summed E-state index contributed by atoms with van der Waals surface area (Å²) in [5.74, 6) is 0. The standard InChI is InChI=1S/C9H8N2O2.K.H/c10-7-11-9(12)13-6-8-4-2-1-3-5-8;;/h1-5H,6H2,(H,11,12);;. The molecule has 1 aromatic carbocycles. The van der Waals surface area contributed by atoms with Crippen LogP contribution in [0.2, 0.25) is 0 Å². The fourth-order valence-electron chi connectivity index (χ4n) is 0.805. The van der Waals surface area contributed by atoms with E-state index >= 15 is 0 Å². The van der Waals surface area contributed by atoms with Gasteiger partial charge in [0.1, 0.15) is 6.61 Å². The second-order valence-electron chi connectivity index (χ2n) is 2.30. The fraction of sp³-hybridized carbons (Fsp3) is 0.111. The number of rotatable bonds is 2. The number of amides is 1. The molecule has 68 valence electrons. The molecule has 1 rings (SSSR count). The zero-order valence-corrected chi connectivity index (χ0v) is 6.86. The van der Waals surface area contributed by atoms with E-state index in [2.05, 4.69) is 0 Å². The Hall–Kier alpha value is -0.384. The third kappa shape index (κ3) is 5.37. The average molecular weight is 216 g/mol. The van der Waals surface area contributed by atoms with Crippen molar-refractivity contribution in [3.05, 3.63) is 35.9 Å². The Morgan fingerprint density at radius 2 is 2.07 bits per heavy atom. The first kappa shape index (κ1) is 13.6. The van der Waals surface area contributed by atoms with Gasteiger partial charge in [0.05, 0.1) is 0 Å². The van der Waals surface area contributed by atoms with Crippen LogP contribution in [-0.2, 0) is 11.3 Å². The summed E-state index contributed by atoms with van der Waals surface area (Å²) in [6.07, 6.45) is 0.749. The Kier molecular flexibility index (Phi) is 7.75. The average Bonchev–Trinajstić information content (AvgIpc) is 2.17. The van der Waals surface area contributed by atoms with Gasteiger partial charge in [0.15, 0.2) is 6.19 Å². The van der Waals surface area contributed by atoms with Crippen LogP contribution in [-0.4, -0.2) is 57.5 Å². The SMILES string of the molecule is N#CNC(=O)OCc1ccccc1.[KH]. The molecule has 0 heterocycles. The molecule has 5 heteroatoms. The van der Waals surface area contributed by atoms with E-state index in [1.54, 1.807) is 0 Å². The van der Waals surface area contributed by atoms with Crippen molar-refractivity contribution in [3.63, 3.8) is 0 Å². The van der Waals surface area contributed by atoms with Gasteiger partial charge in [0, 0.05) is 0 Å². The van der Waals surface area contributed by atoms with Crippen LogP contribution in [0.3, 0.4) is 0 Å². The van der Waals surface area contributed by atoms with Crippen LogP contribution in [0.25, 0.3) is 0 Å². The predicted octanol–water partition coefficient (Wildman–Crippen LogP) is 0.745. The van der Waals surface area contributed by atoms with Gasteiger partial charge in [-0.3, -0.25) is 0 Å². The van der Waals surface area contributed by atoms with Crippen molar-refractivity contribution in [1.82, 2.24) is 5.32 Å². The van der Waals surface area contributed by atoms with Crippen LogP contribution in [0.5, 0.6) is 0 Å². The van der Waals surface area contributed by atoms with Gasteiger partial charge in [-0.2, -0.15) is 5.26 Å². The van der Waals surface area contributed by atoms with Gasteiger partial charge < -0.3 is 4.74 Å². The number of nitrogens with one attached hydrogen (secondary N) is 1. The molecule has 1 amide bonds. The molecule has 0 saturated heterocycles. The first-order valence-corrected chi connectivity index (χ1v) is 3.68. The number of alkyl carbamates (subject to hydrolysis) is 1. The molecule has 0 aliphatic carbocycles. The fourth-order valence-corrected chi connectivity index (χ4v) is 0.805. The minimum atomic E-state index is -0.730. The maximum absolute atomic E-state index is 10.7. The molecule has 0 saturated carbocycles. The normalized spacial score (nSPS) is 7.93. The summed E-state index contributed by atoms with van der Waals surface area (Å²) < 4.78 is 4.70. The molecule has 0 spiro atoms. The van der Waals surface area contributed by atoms with Crippen molar-refractivity contribution in [2.24, 2.45) is 0 Å². The summed E-state index contributed by atoms with van der Waals surface area (Å²) in [4.78, 5) is 10.7. The predicted molar refractivity (Wildman–Crippen MR) is 52.5 cm³/mol. The molecule has 0 aliphatic rings. The van der Waals surface area contributed by atoms with Crippen molar-refractivity contribution >= 4 is 57.5 Å². The van der Waals surface area contributed by atoms with Crippen LogP contribution in [0.15, 0.2) is 30.3 Å². The van der Waals surface area contributed by atoms with Gasteiger partial charge >= 0.3 is 57.5 Å². The van der Waals surface area contributed by atoms with E-state index < -0.39 is 6.09 Å². The summed E-state index contributed by atoms with van der Waals surface area (Å²) >= 11 is 0. The number of nitrogens with zero attached hydrogens (tertiary/aromatic N) is 1. The van der Waals surface area contributed by atoms with Gasteiger partial charge in [0.2, 0.25) is 0 Å². The Bertz CT molecular complexity index is 321. The van der Waals surface area contributed by atoms with E-state index in [0.717, 1.165) is 5.56 Å². The van der Waals surface area contributed by atoms with Gasteiger partial charge in [-0.05, 0) is 5.56 Å². The third-order valence-electron chi connectivity index (χ3n) is 1.37. The Balaban J connectivity index is 0.00000169. The summed E-state index contributed by atoms with van der Waals surface area (Å²) in [5, 5.41) is 9.93. The van der Waals surface area contributed by atoms with Gasteiger partial charge in [0.25, 0.3) is 0 Å². The third-order valence-corrected chi connectivity index (χ3v) is 1.37. The zero-order valence-electron chi connectivity index (χ0n) is 6.86. The van der Waals surface area contributed by atoms with E-state index in [0.29, 0.717) is 0 Å². The van der Waals surface area contributed by atoms with E-state index in [4.69, 9.17) is 10.00 Å². The van der Waals surface area contributed by atoms with E-state index in [1.165, 1.54) is 6.19 Å².